The Morgan fingerprint density at radius 3 is 2.56 bits per heavy atom. The fourth-order valence-corrected chi connectivity index (χ4v) is 2.88. The highest BCUT2D eigenvalue weighted by molar-refractivity contribution is 5.74. The second-order valence-corrected chi connectivity index (χ2v) is 6.04. The lowest BCUT2D eigenvalue weighted by atomic mass is 10.2. The topological polar surface area (TPSA) is 75.2 Å². The van der Waals surface area contributed by atoms with Gasteiger partial charge in [-0.15, -0.1) is 5.10 Å². The van der Waals surface area contributed by atoms with Gasteiger partial charge in [0.2, 0.25) is 5.95 Å². The van der Waals surface area contributed by atoms with Gasteiger partial charge >= 0.3 is 0 Å². The van der Waals surface area contributed by atoms with Gasteiger partial charge in [-0.2, -0.15) is 10.1 Å². The summed E-state index contributed by atoms with van der Waals surface area (Å²) in [6.45, 7) is 3.13. The number of benzene rings is 2. The monoisotopic (exact) mass is 366 g/mol. The SMILES string of the molecule is Fc1ccc(Nc2nncc(Nc3ccccc3N3CCOCC3)n2)cc1. The van der Waals surface area contributed by atoms with Crippen molar-refractivity contribution >= 4 is 28.8 Å². The molecule has 2 heterocycles. The highest BCUT2D eigenvalue weighted by Crippen LogP contribution is 2.28. The highest BCUT2D eigenvalue weighted by Gasteiger charge is 2.15. The van der Waals surface area contributed by atoms with Gasteiger partial charge in [0.05, 0.1) is 30.8 Å². The minimum atomic E-state index is -0.297. The number of nitrogens with one attached hydrogen (secondary N) is 2. The van der Waals surface area contributed by atoms with Crippen molar-refractivity contribution in [2.24, 2.45) is 0 Å². The number of hydrogen-bond donors (Lipinski definition) is 2. The summed E-state index contributed by atoms with van der Waals surface area (Å²) in [7, 11) is 0. The summed E-state index contributed by atoms with van der Waals surface area (Å²) in [5.41, 5.74) is 2.71. The molecule has 2 N–H and O–H groups in total. The lowest BCUT2D eigenvalue weighted by Crippen LogP contribution is -2.36. The first-order chi connectivity index (χ1) is 13.3. The molecule has 0 spiro atoms. The third kappa shape index (κ3) is 4.29. The van der Waals surface area contributed by atoms with Crippen molar-refractivity contribution in [3.05, 3.63) is 60.5 Å². The molecule has 2 aromatic carbocycles. The van der Waals surface area contributed by atoms with Gasteiger partial charge in [-0.05, 0) is 36.4 Å². The van der Waals surface area contributed by atoms with Crippen molar-refractivity contribution in [3.63, 3.8) is 0 Å². The van der Waals surface area contributed by atoms with Crippen LogP contribution in [0.1, 0.15) is 0 Å². The number of aromatic nitrogens is 3. The third-order valence-electron chi connectivity index (χ3n) is 4.18. The van der Waals surface area contributed by atoms with E-state index in [1.165, 1.54) is 12.1 Å². The van der Waals surface area contributed by atoms with Gasteiger partial charge in [0.15, 0.2) is 5.82 Å². The summed E-state index contributed by atoms with van der Waals surface area (Å²) in [5, 5.41) is 14.3. The van der Waals surface area contributed by atoms with Crippen molar-refractivity contribution in [2.75, 3.05) is 41.8 Å². The van der Waals surface area contributed by atoms with Crippen LogP contribution in [0.25, 0.3) is 0 Å². The molecular weight excluding hydrogens is 347 g/mol. The van der Waals surface area contributed by atoms with Crippen LogP contribution in [-0.4, -0.2) is 41.5 Å². The van der Waals surface area contributed by atoms with Crippen LogP contribution in [0.15, 0.2) is 54.7 Å². The molecule has 1 saturated heterocycles. The van der Waals surface area contributed by atoms with E-state index in [0.717, 1.165) is 37.7 Å². The predicted molar refractivity (Wildman–Crippen MR) is 102 cm³/mol. The van der Waals surface area contributed by atoms with Crippen LogP contribution >= 0.6 is 0 Å². The van der Waals surface area contributed by atoms with Gasteiger partial charge in [-0.3, -0.25) is 0 Å². The number of rotatable bonds is 5. The Hall–Kier alpha value is -3.26. The molecule has 0 bridgehead atoms. The van der Waals surface area contributed by atoms with E-state index in [-0.39, 0.29) is 5.82 Å². The molecule has 0 radical (unpaired) electrons. The quantitative estimate of drug-likeness (QED) is 0.717. The zero-order valence-corrected chi connectivity index (χ0v) is 14.6. The molecule has 7 nitrogen and oxygen atoms in total. The van der Waals surface area contributed by atoms with E-state index in [1.54, 1.807) is 18.3 Å². The molecule has 0 unspecified atom stereocenters. The first-order valence-electron chi connectivity index (χ1n) is 8.69. The number of nitrogens with zero attached hydrogens (tertiary/aromatic N) is 4. The van der Waals surface area contributed by atoms with E-state index in [4.69, 9.17) is 4.74 Å². The van der Waals surface area contributed by atoms with Gasteiger partial charge < -0.3 is 20.3 Å². The normalized spacial score (nSPS) is 14.0. The Morgan fingerprint density at radius 1 is 0.963 bits per heavy atom. The number of morpholine rings is 1. The lowest BCUT2D eigenvalue weighted by molar-refractivity contribution is 0.123. The van der Waals surface area contributed by atoms with Crippen molar-refractivity contribution in [3.8, 4) is 0 Å². The molecule has 8 heteroatoms. The van der Waals surface area contributed by atoms with E-state index < -0.39 is 0 Å². The standard InChI is InChI=1S/C19H19FN6O/c20-14-5-7-15(8-6-14)22-19-24-18(13-21-25-19)23-16-3-1-2-4-17(16)26-9-11-27-12-10-26/h1-8,13H,9-12H2,(H2,22,23,24,25). The number of para-hydroxylation sites is 2. The van der Waals surface area contributed by atoms with Gasteiger partial charge in [0.25, 0.3) is 0 Å². The van der Waals surface area contributed by atoms with Crippen LogP contribution in [0.4, 0.5) is 33.2 Å². The van der Waals surface area contributed by atoms with Crippen molar-refractivity contribution in [1.29, 1.82) is 0 Å². The van der Waals surface area contributed by atoms with Crippen LogP contribution in [0.3, 0.4) is 0 Å². The fraction of sp³-hybridized carbons (Fsp3) is 0.211. The highest BCUT2D eigenvalue weighted by atomic mass is 19.1. The van der Waals surface area contributed by atoms with Crippen molar-refractivity contribution < 1.29 is 9.13 Å². The maximum absolute atomic E-state index is 13.0. The summed E-state index contributed by atoms with van der Waals surface area (Å²) in [6, 6.07) is 14.0. The van der Waals surface area contributed by atoms with E-state index in [9.17, 15) is 4.39 Å². The molecule has 1 aliphatic rings. The molecule has 0 saturated carbocycles. The van der Waals surface area contributed by atoms with Gasteiger partial charge in [-0.25, -0.2) is 4.39 Å². The van der Waals surface area contributed by atoms with Crippen molar-refractivity contribution in [2.45, 2.75) is 0 Å². The zero-order chi connectivity index (χ0) is 18.5. The molecule has 27 heavy (non-hydrogen) atoms. The number of anilines is 5. The van der Waals surface area contributed by atoms with Gasteiger partial charge in [0, 0.05) is 18.8 Å². The average Bonchev–Trinajstić information content (AvgIpc) is 2.71. The first-order valence-corrected chi connectivity index (χ1v) is 8.69. The molecule has 4 rings (SSSR count). The Labute approximate surface area is 156 Å². The van der Waals surface area contributed by atoms with Crippen LogP contribution in [0.2, 0.25) is 0 Å². The third-order valence-corrected chi connectivity index (χ3v) is 4.18. The fourth-order valence-electron chi connectivity index (χ4n) is 2.88. The maximum Gasteiger partial charge on any atom is 0.249 e. The van der Waals surface area contributed by atoms with Crippen LogP contribution in [0.5, 0.6) is 0 Å². The van der Waals surface area contributed by atoms with E-state index in [2.05, 4.69) is 36.8 Å². The Kier molecular flexibility index (Phi) is 5.06. The summed E-state index contributed by atoms with van der Waals surface area (Å²) < 4.78 is 18.5. The van der Waals surface area contributed by atoms with Crippen LogP contribution in [-0.2, 0) is 4.74 Å². The van der Waals surface area contributed by atoms with Crippen LogP contribution < -0.4 is 15.5 Å². The summed E-state index contributed by atoms with van der Waals surface area (Å²) in [6.07, 6.45) is 1.56. The first kappa shape index (κ1) is 17.2. The smallest absolute Gasteiger partial charge is 0.249 e. The summed E-state index contributed by atoms with van der Waals surface area (Å²) >= 11 is 0. The van der Waals surface area contributed by atoms with Gasteiger partial charge in [0.1, 0.15) is 5.82 Å². The van der Waals surface area contributed by atoms with E-state index in [0.29, 0.717) is 17.5 Å². The largest absolute Gasteiger partial charge is 0.378 e. The molecular formula is C19H19FN6O. The summed E-state index contributed by atoms with van der Waals surface area (Å²) in [4.78, 5) is 6.72. The van der Waals surface area contributed by atoms with Gasteiger partial charge in [-0.1, -0.05) is 12.1 Å². The minimum Gasteiger partial charge on any atom is -0.378 e. The maximum atomic E-state index is 13.0. The lowest BCUT2D eigenvalue weighted by Gasteiger charge is -2.30. The minimum absolute atomic E-state index is 0.297. The van der Waals surface area contributed by atoms with Crippen molar-refractivity contribution in [1.82, 2.24) is 15.2 Å². The number of ether oxygens (including phenoxy) is 1. The average molecular weight is 366 g/mol. The molecule has 1 fully saturated rings. The molecule has 1 aromatic heterocycles. The number of halogens is 1. The zero-order valence-electron chi connectivity index (χ0n) is 14.6. The predicted octanol–water partition coefficient (Wildman–Crippen LogP) is 3.33. The second kappa shape index (κ2) is 7.96. The number of hydrogen-bond acceptors (Lipinski definition) is 7. The Balaban J connectivity index is 1.52. The molecule has 0 amide bonds. The molecule has 0 atom stereocenters. The summed E-state index contributed by atoms with van der Waals surface area (Å²) in [5.74, 6) is 0.598. The molecule has 138 valence electrons. The molecule has 3 aromatic rings. The molecule has 0 aliphatic carbocycles. The van der Waals surface area contributed by atoms with Crippen LogP contribution in [0, 0.1) is 5.82 Å². The Morgan fingerprint density at radius 2 is 1.74 bits per heavy atom. The Bertz CT molecular complexity index is 899. The van der Waals surface area contributed by atoms with E-state index >= 15 is 0 Å². The van der Waals surface area contributed by atoms with E-state index in [1.807, 2.05) is 18.2 Å². The molecule has 1 aliphatic heterocycles. The second-order valence-electron chi connectivity index (χ2n) is 6.04.